The molecule has 2 aromatic heterocycles. The SMILES string of the molecule is Cc1cc(Nc2ccc(NC(=O)c3ccc(F)cc3)nn2)no1. The van der Waals surface area contributed by atoms with E-state index in [0.29, 0.717) is 23.0 Å². The van der Waals surface area contributed by atoms with Crippen LogP contribution in [0.15, 0.2) is 47.0 Å². The summed E-state index contributed by atoms with van der Waals surface area (Å²) in [5, 5.41) is 17.1. The third kappa shape index (κ3) is 3.67. The highest BCUT2D eigenvalue weighted by atomic mass is 19.1. The van der Waals surface area contributed by atoms with Crippen molar-refractivity contribution in [3.8, 4) is 0 Å². The van der Waals surface area contributed by atoms with Crippen molar-refractivity contribution in [3.63, 3.8) is 0 Å². The molecule has 1 amide bonds. The standard InChI is InChI=1S/C15H12FN5O2/c1-9-8-14(21-23-9)17-12-6-7-13(20-19-12)18-15(22)10-2-4-11(16)5-3-10/h2-8H,1H3,(H,17,19,21)(H,18,20,22). The molecule has 3 aromatic rings. The quantitative estimate of drug-likeness (QED) is 0.769. The average Bonchev–Trinajstić information content (AvgIpc) is 2.95. The van der Waals surface area contributed by atoms with Crippen LogP contribution >= 0.6 is 0 Å². The maximum Gasteiger partial charge on any atom is 0.256 e. The summed E-state index contributed by atoms with van der Waals surface area (Å²) in [4.78, 5) is 12.0. The Kier molecular flexibility index (Phi) is 3.96. The van der Waals surface area contributed by atoms with Gasteiger partial charge in [0.1, 0.15) is 11.6 Å². The second-order valence-electron chi connectivity index (χ2n) is 4.71. The molecule has 0 atom stereocenters. The summed E-state index contributed by atoms with van der Waals surface area (Å²) in [6, 6.07) is 10.1. The Hall–Kier alpha value is -3.29. The normalized spacial score (nSPS) is 10.3. The number of halogens is 1. The maximum atomic E-state index is 12.8. The van der Waals surface area contributed by atoms with Crippen LogP contribution in [0.2, 0.25) is 0 Å². The molecular formula is C15H12FN5O2. The van der Waals surface area contributed by atoms with E-state index in [4.69, 9.17) is 4.52 Å². The van der Waals surface area contributed by atoms with Gasteiger partial charge in [0.25, 0.3) is 5.91 Å². The van der Waals surface area contributed by atoms with Gasteiger partial charge in [0.2, 0.25) is 0 Å². The molecule has 1 aromatic carbocycles. The van der Waals surface area contributed by atoms with E-state index >= 15 is 0 Å². The highest BCUT2D eigenvalue weighted by molar-refractivity contribution is 6.03. The summed E-state index contributed by atoms with van der Waals surface area (Å²) in [5.41, 5.74) is 0.327. The number of nitrogens with one attached hydrogen (secondary N) is 2. The number of carbonyl (C=O) groups excluding carboxylic acids is 1. The smallest absolute Gasteiger partial charge is 0.256 e. The van der Waals surface area contributed by atoms with Crippen molar-refractivity contribution in [2.45, 2.75) is 6.92 Å². The summed E-state index contributed by atoms with van der Waals surface area (Å²) < 4.78 is 17.8. The number of aromatic nitrogens is 3. The number of hydrogen-bond acceptors (Lipinski definition) is 6. The van der Waals surface area contributed by atoms with Crippen molar-refractivity contribution in [1.29, 1.82) is 0 Å². The maximum absolute atomic E-state index is 12.8. The largest absolute Gasteiger partial charge is 0.360 e. The third-order valence-electron chi connectivity index (χ3n) is 2.90. The summed E-state index contributed by atoms with van der Waals surface area (Å²) in [6.45, 7) is 1.78. The number of rotatable bonds is 4. The molecule has 0 spiro atoms. The van der Waals surface area contributed by atoms with E-state index in [1.54, 1.807) is 25.1 Å². The Morgan fingerprint density at radius 1 is 1.04 bits per heavy atom. The first-order chi connectivity index (χ1) is 11.1. The van der Waals surface area contributed by atoms with Crippen molar-refractivity contribution < 1.29 is 13.7 Å². The molecule has 2 heterocycles. The predicted octanol–water partition coefficient (Wildman–Crippen LogP) is 2.91. The monoisotopic (exact) mass is 313 g/mol. The van der Waals surface area contributed by atoms with E-state index in [9.17, 15) is 9.18 Å². The van der Waals surface area contributed by atoms with Crippen LogP contribution in [0.3, 0.4) is 0 Å². The summed E-state index contributed by atoms with van der Waals surface area (Å²) >= 11 is 0. The molecule has 23 heavy (non-hydrogen) atoms. The highest BCUT2D eigenvalue weighted by Crippen LogP contribution is 2.15. The number of amides is 1. The van der Waals surface area contributed by atoms with E-state index in [1.807, 2.05) is 0 Å². The lowest BCUT2D eigenvalue weighted by Crippen LogP contribution is -2.13. The van der Waals surface area contributed by atoms with Crippen LogP contribution in [-0.4, -0.2) is 21.3 Å². The second-order valence-corrected chi connectivity index (χ2v) is 4.71. The molecule has 0 bridgehead atoms. The molecule has 0 aliphatic rings. The zero-order valence-electron chi connectivity index (χ0n) is 12.1. The Bertz CT molecular complexity index is 815. The van der Waals surface area contributed by atoms with E-state index in [-0.39, 0.29) is 5.82 Å². The minimum absolute atomic E-state index is 0.279. The van der Waals surface area contributed by atoms with Gasteiger partial charge in [-0.1, -0.05) is 5.16 Å². The number of aryl methyl sites for hydroxylation is 1. The van der Waals surface area contributed by atoms with Gasteiger partial charge in [-0.05, 0) is 43.3 Å². The van der Waals surface area contributed by atoms with Crippen molar-refractivity contribution in [3.05, 3.63) is 59.6 Å². The summed E-state index contributed by atoms with van der Waals surface area (Å²) in [7, 11) is 0. The van der Waals surface area contributed by atoms with Gasteiger partial charge in [-0.2, -0.15) is 0 Å². The average molecular weight is 313 g/mol. The highest BCUT2D eigenvalue weighted by Gasteiger charge is 2.08. The van der Waals surface area contributed by atoms with Crippen molar-refractivity contribution >= 4 is 23.4 Å². The van der Waals surface area contributed by atoms with Crippen molar-refractivity contribution in [1.82, 2.24) is 15.4 Å². The van der Waals surface area contributed by atoms with Gasteiger partial charge in [-0.3, -0.25) is 4.79 Å². The predicted molar refractivity (Wildman–Crippen MR) is 80.9 cm³/mol. The van der Waals surface area contributed by atoms with E-state index in [1.165, 1.54) is 24.3 Å². The van der Waals surface area contributed by atoms with Gasteiger partial charge in [-0.15, -0.1) is 10.2 Å². The molecule has 0 radical (unpaired) electrons. The van der Waals surface area contributed by atoms with Crippen LogP contribution in [0.25, 0.3) is 0 Å². The fraction of sp³-hybridized carbons (Fsp3) is 0.0667. The van der Waals surface area contributed by atoms with Crippen LogP contribution in [0.4, 0.5) is 21.8 Å². The molecule has 116 valence electrons. The number of benzene rings is 1. The Balaban J connectivity index is 1.65. The number of carbonyl (C=O) groups is 1. The molecule has 0 saturated heterocycles. The van der Waals surface area contributed by atoms with Crippen LogP contribution in [0.1, 0.15) is 16.1 Å². The summed E-state index contributed by atoms with van der Waals surface area (Å²) in [6.07, 6.45) is 0. The third-order valence-corrected chi connectivity index (χ3v) is 2.90. The Morgan fingerprint density at radius 3 is 2.35 bits per heavy atom. The molecule has 3 rings (SSSR count). The molecule has 7 nitrogen and oxygen atoms in total. The lowest BCUT2D eigenvalue weighted by molar-refractivity contribution is 0.102. The number of anilines is 3. The second kappa shape index (κ2) is 6.22. The molecule has 8 heteroatoms. The zero-order chi connectivity index (χ0) is 16.2. The lowest BCUT2D eigenvalue weighted by atomic mass is 10.2. The van der Waals surface area contributed by atoms with E-state index < -0.39 is 11.7 Å². The minimum atomic E-state index is -0.403. The number of nitrogens with zero attached hydrogens (tertiary/aromatic N) is 3. The van der Waals surface area contributed by atoms with Crippen molar-refractivity contribution in [2.24, 2.45) is 0 Å². The first-order valence-electron chi connectivity index (χ1n) is 6.71. The molecule has 0 aliphatic heterocycles. The first-order valence-corrected chi connectivity index (χ1v) is 6.71. The van der Waals surface area contributed by atoms with Crippen LogP contribution in [0, 0.1) is 12.7 Å². The van der Waals surface area contributed by atoms with Gasteiger partial charge >= 0.3 is 0 Å². The topological polar surface area (TPSA) is 92.9 Å². The minimum Gasteiger partial charge on any atom is -0.360 e. The lowest BCUT2D eigenvalue weighted by Gasteiger charge is -2.05. The molecule has 0 saturated carbocycles. The van der Waals surface area contributed by atoms with Crippen LogP contribution < -0.4 is 10.6 Å². The fourth-order valence-electron chi connectivity index (χ4n) is 1.81. The Labute approximate surface area is 130 Å². The van der Waals surface area contributed by atoms with Crippen molar-refractivity contribution in [2.75, 3.05) is 10.6 Å². The zero-order valence-corrected chi connectivity index (χ0v) is 12.1. The van der Waals surface area contributed by atoms with Gasteiger partial charge in [0.15, 0.2) is 17.5 Å². The molecule has 0 unspecified atom stereocenters. The fourth-order valence-corrected chi connectivity index (χ4v) is 1.81. The van der Waals surface area contributed by atoms with Gasteiger partial charge in [0, 0.05) is 11.6 Å². The molecular weight excluding hydrogens is 301 g/mol. The van der Waals surface area contributed by atoms with E-state index in [0.717, 1.165) is 0 Å². The van der Waals surface area contributed by atoms with Crippen LogP contribution in [0.5, 0.6) is 0 Å². The summed E-state index contributed by atoms with van der Waals surface area (Å²) in [5.74, 6) is 1.12. The number of hydrogen-bond donors (Lipinski definition) is 2. The molecule has 0 fully saturated rings. The van der Waals surface area contributed by atoms with E-state index in [2.05, 4.69) is 26.0 Å². The molecule has 0 aliphatic carbocycles. The van der Waals surface area contributed by atoms with Gasteiger partial charge in [0.05, 0.1) is 0 Å². The Morgan fingerprint density at radius 2 is 1.74 bits per heavy atom. The van der Waals surface area contributed by atoms with Crippen LogP contribution in [-0.2, 0) is 0 Å². The van der Waals surface area contributed by atoms with Gasteiger partial charge < -0.3 is 15.2 Å². The molecule has 2 N–H and O–H groups in total. The van der Waals surface area contributed by atoms with Gasteiger partial charge in [-0.25, -0.2) is 4.39 Å². The first kappa shape index (κ1) is 14.6.